The van der Waals surface area contributed by atoms with E-state index in [1.54, 1.807) is 18.2 Å². The van der Waals surface area contributed by atoms with Gasteiger partial charge < -0.3 is 15.0 Å². The number of methoxy groups -OCH3 is 1. The maximum absolute atomic E-state index is 15.7. The number of pyridine rings is 1. The Morgan fingerprint density at radius 2 is 1.81 bits per heavy atom. The van der Waals surface area contributed by atoms with E-state index in [-0.39, 0.29) is 28.2 Å². The number of fused-ring (bicyclic) bond motifs is 3. The first-order valence-corrected chi connectivity index (χ1v) is 14.3. The maximum atomic E-state index is 15.7. The summed E-state index contributed by atoms with van der Waals surface area (Å²) in [5, 5.41) is 11.4. The number of alkyl halides is 1. The molecule has 43 heavy (non-hydrogen) atoms. The summed E-state index contributed by atoms with van der Waals surface area (Å²) in [7, 11) is 1.41. The average molecular weight is 596 g/mol. The molecule has 7 rings (SSSR count). The van der Waals surface area contributed by atoms with Gasteiger partial charge in [-0.2, -0.15) is 15.2 Å². The van der Waals surface area contributed by atoms with E-state index in [1.165, 1.54) is 45.2 Å². The second kappa shape index (κ2) is 13.5. The zero-order valence-electron chi connectivity index (χ0n) is 24.1. The highest BCUT2D eigenvalue weighted by Gasteiger charge is 2.34. The molecule has 1 N–H and O–H groups in total. The topological polar surface area (TPSA) is 90.2 Å². The monoisotopic (exact) mass is 595 g/mol. The summed E-state index contributed by atoms with van der Waals surface area (Å²) in [4.78, 5) is 17.2. The van der Waals surface area contributed by atoms with Crippen LogP contribution in [0.3, 0.4) is 0 Å². The number of piperazine rings is 1. The summed E-state index contributed by atoms with van der Waals surface area (Å²) in [5.74, 6) is -2.27. The van der Waals surface area contributed by atoms with Crippen molar-refractivity contribution in [3.63, 3.8) is 0 Å². The highest BCUT2D eigenvalue weighted by Crippen LogP contribution is 2.36. The number of aromatic nitrogens is 3. The van der Waals surface area contributed by atoms with E-state index in [1.807, 2.05) is 4.90 Å². The molecule has 12 heteroatoms. The SMILES string of the molecule is CC#N.COc1nc(N2CCNCC2)c2cnc(-c3cccc4ccc(F)c(F)c34)c(F)c2n1.FC1CC2CCCN2C1. The third-order valence-corrected chi connectivity index (χ3v) is 7.89. The van der Waals surface area contributed by atoms with E-state index in [0.29, 0.717) is 42.3 Å². The van der Waals surface area contributed by atoms with E-state index < -0.39 is 23.6 Å². The van der Waals surface area contributed by atoms with Gasteiger partial charge in [0.25, 0.3) is 0 Å². The average Bonchev–Trinajstić information content (AvgIpc) is 3.61. The highest BCUT2D eigenvalue weighted by molar-refractivity contribution is 5.99. The fourth-order valence-corrected chi connectivity index (χ4v) is 5.95. The summed E-state index contributed by atoms with van der Waals surface area (Å²) in [6, 6.07) is 9.67. The lowest BCUT2D eigenvalue weighted by molar-refractivity contribution is 0.292. The third kappa shape index (κ3) is 6.33. The van der Waals surface area contributed by atoms with Crippen LogP contribution in [0.15, 0.2) is 36.5 Å². The molecular formula is C31H33F4N7O. The van der Waals surface area contributed by atoms with Crippen molar-refractivity contribution in [2.75, 3.05) is 51.3 Å². The molecule has 3 saturated heterocycles. The van der Waals surface area contributed by atoms with E-state index >= 15 is 4.39 Å². The van der Waals surface area contributed by atoms with Crippen molar-refractivity contribution < 1.29 is 22.3 Å². The zero-order chi connectivity index (χ0) is 30.5. The normalized spacial score (nSPS) is 19.7. The number of nitrogens with zero attached hydrogens (tertiary/aromatic N) is 6. The van der Waals surface area contributed by atoms with Gasteiger partial charge in [0.1, 0.15) is 23.2 Å². The van der Waals surface area contributed by atoms with Crippen LogP contribution in [-0.4, -0.2) is 78.4 Å². The minimum absolute atomic E-state index is 0.0131. The Kier molecular flexibility index (Phi) is 9.52. The molecule has 0 aliphatic carbocycles. The summed E-state index contributed by atoms with van der Waals surface area (Å²) >= 11 is 0. The molecule has 2 aromatic carbocycles. The molecule has 5 heterocycles. The second-order valence-electron chi connectivity index (χ2n) is 10.6. The van der Waals surface area contributed by atoms with Crippen LogP contribution in [0.2, 0.25) is 0 Å². The van der Waals surface area contributed by atoms with Crippen LogP contribution in [0.1, 0.15) is 26.2 Å². The molecular weight excluding hydrogens is 562 g/mol. The van der Waals surface area contributed by atoms with Crippen LogP contribution in [0.25, 0.3) is 32.9 Å². The number of hydrogen-bond acceptors (Lipinski definition) is 8. The van der Waals surface area contributed by atoms with Crippen molar-refractivity contribution >= 4 is 27.5 Å². The number of anilines is 1. The van der Waals surface area contributed by atoms with E-state index in [0.717, 1.165) is 32.1 Å². The molecule has 3 aliphatic rings. The fraction of sp³-hybridized carbons (Fsp3) is 0.419. The summed E-state index contributed by atoms with van der Waals surface area (Å²) < 4.78 is 62.1. The maximum Gasteiger partial charge on any atom is 0.318 e. The van der Waals surface area contributed by atoms with Crippen molar-refractivity contribution in [1.82, 2.24) is 25.2 Å². The lowest BCUT2D eigenvalue weighted by atomic mass is 10.00. The summed E-state index contributed by atoms with van der Waals surface area (Å²) in [5.41, 5.74) is 0.0454. The molecule has 8 nitrogen and oxygen atoms in total. The molecule has 4 aromatic rings. The molecule has 3 fully saturated rings. The standard InChI is InChI=1S/C22H18F3N5O.C7H12FN.C2H3N/c1-31-22-28-20-14(21(29-22)30-9-7-26-8-10-30)11-27-19(18(20)25)13-4-2-3-12-5-6-15(23)17(24)16(12)13;8-6-4-7-2-1-3-9(7)5-6;1-2-3/h2-6,11,26H,7-10H2,1H3;6-7H,1-5H2;1H3. The number of halogens is 4. The Morgan fingerprint density at radius 1 is 1.05 bits per heavy atom. The second-order valence-corrected chi connectivity index (χ2v) is 10.6. The van der Waals surface area contributed by atoms with Gasteiger partial charge in [-0.15, -0.1) is 0 Å². The van der Waals surface area contributed by atoms with Crippen LogP contribution in [-0.2, 0) is 0 Å². The molecule has 2 aromatic heterocycles. The van der Waals surface area contributed by atoms with Gasteiger partial charge in [-0.05, 0) is 37.3 Å². The fourth-order valence-electron chi connectivity index (χ4n) is 5.95. The molecule has 2 unspecified atom stereocenters. The quantitative estimate of drug-likeness (QED) is 0.315. The minimum Gasteiger partial charge on any atom is -0.467 e. The van der Waals surface area contributed by atoms with Gasteiger partial charge in [0.15, 0.2) is 17.5 Å². The molecule has 0 radical (unpaired) electrons. The Bertz CT molecular complexity index is 1630. The number of hydrogen-bond donors (Lipinski definition) is 1. The number of nitriles is 1. The van der Waals surface area contributed by atoms with Gasteiger partial charge in [0, 0.05) is 62.8 Å². The summed E-state index contributed by atoms with van der Waals surface area (Å²) in [6.45, 7) is 6.19. The van der Waals surface area contributed by atoms with Crippen LogP contribution in [0, 0.1) is 28.8 Å². The molecule has 0 amide bonds. The Morgan fingerprint density at radius 3 is 2.53 bits per heavy atom. The lowest BCUT2D eigenvalue weighted by Crippen LogP contribution is -2.44. The van der Waals surface area contributed by atoms with Gasteiger partial charge in [0.05, 0.1) is 18.6 Å². The van der Waals surface area contributed by atoms with Gasteiger partial charge in [0.2, 0.25) is 0 Å². The first kappa shape index (κ1) is 30.4. The Balaban J connectivity index is 0.000000255. The van der Waals surface area contributed by atoms with Crippen LogP contribution >= 0.6 is 0 Å². The van der Waals surface area contributed by atoms with Crippen molar-refractivity contribution in [2.24, 2.45) is 0 Å². The Labute approximate surface area is 247 Å². The van der Waals surface area contributed by atoms with Gasteiger partial charge in [-0.3, -0.25) is 9.88 Å². The molecule has 0 spiro atoms. The van der Waals surface area contributed by atoms with Crippen molar-refractivity contribution in [3.05, 3.63) is 54.0 Å². The number of ether oxygens (including phenoxy) is 1. The number of nitrogens with one attached hydrogen (secondary N) is 1. The predicted molar refractivity (Wildman–Crippen MR) is 157 cm³/mol. The van der Waals surface area contributed by atoms with Gasteiger partial charge >= 0.3 is 6.01 Å². The third-order valence-electron chi connectivity index (χ3n) is 7.89. The molecule has 0 saturated carbocycles. The van der Waals surface area contributed by atoms with E-state index in [2.05, 4.69) is 25.2 Å². The first-order chi connectivity index (χ1) is 20.9. The van der Waals surface area contributed by atoms with Crippen molar-refractivity contribution in [1.29, 1.82) is 5.26 Å². The van der Waals surface area contributed by atoms with Crippen LogP contribution < -0.4 is 15.0 Å². The smallest absolute Gasteiger partial charge is 0.318 e. The van der Waals surface area contributed by atoms with Crippen molar-refractivity contribution in [2.45, 2.75) is 38.4 Å². The largest absolute Gasteiger partial charge is 0.467 e. The Hall–Kier alpha value is -4.08. The van der Waals surface area contributed by atoms with Gasteiger partial charge in [-0.1, -0.05) is 24.3 Å². The van der Waals surface area contributed by atoms with E-state index in [4.69, 9.17) is 10.00 Å². The lowest BCUT2D eigenvalue weighted by Gasteiger charge is -2.29. The number of rotatable bonds is 3. The molecule has 0 bridgehead atoms. The number of benzene rings is 2. The predicted octanol–water partition coefficient (Wildman–Crippen LogP) is 5.40. The van der Waals surface area contributed by atoms with Gasteiger partial charge in [-0.25, -0.2) is 17.6 Å². The van der Waals surface area contributed by atoms with Crippen molar-refractivity contribution in [3.8, 4) is 23.3 Å². The highest BCUT2D eigenvalue weighted by atomic mass is 19.2. The zero-order valence-corrected chi connectivity index (χ0v) is 24.1. The van der Waals surface area contributed by atoms with Crippen LogP contribution in [0.5, 0.6) is 6.01 Å². The van der Waals surface area contributed by atoms with Crippen LogP contribution in [0.4, 0.5) is 23.4 Å². The summed E-state index contributed by atoms with van der Waals surface area (Å²) in [6.07, 6.45) is 4.29. The molecule has 2 atom stereocenters. The van der Waals surface area contributed by atoms with E-state index in [9.17, 15) is 13.2 Å². The molecule has 3 aliphatic heterocycles. The molecule has 226 valence electrons. The first-order valence-electron chi connectivity index (χ1n) is 14.3. The minimum atomic E-state index is -1.05.